The highest BCUT2D eigenvalue weighted by Crippen LogP contribution is 2.50. The van der Waals surface area contributed by atoms with Crippen LogP contribution in [-0.2, 0) is 4.79 Å². The Hall–Kier alpha value is -1.95. The Morgan fingerprint density at radius 3 is 2.72 bits per heavy atom. The average molecular weight is 254 g/mol. The maximum absolute atomic E-state index is 10.5. The predicted molar refractivity (Wildman–Crippen MR) is 61.3 cm³/mol. The highest BCUT2D eigenvalue weighted by Gasteiger charge is 2.28. The van der Waals surface area contributed by atoms with Crippen LogP contribution in [-0.4, -0.2) is 32.4 Å². The van der Waals surface area contributed by atoms with Crippen molar-refractivity contribution in [1.82, 2.24) is 0 Å². The van der Waals surface area contributed by atoms with E-state index >= 15 is 0 Å². The van der Waals surface area contributed by atoms with E-state index in [4.69, 9.17) is 18.9 Å². The van der Waals surface area contributed by atoms with Gasteiger partial charge in [-0.25, -0.2) is 0 Å². The second-order valence-corrected chi connectivity index (χ2v) is 3.68. The number of carbonyl (C=O) groups excluding carboxylic acids is 1. The van der Waals surface area contributed by atoms with Gasteiger partial charge in [0.05, 0.1) is 20.3 Å². The Kier molecular flexibility index (Phi) is 3.57. The van der Waals surface area contributed by atoms with Gasteiger partial charge in [0, 0.05) is 12.0 Å². The van der Waals surface area contributed by atoms with Crippen LogP contribution >= 0.6 is 0 Å². The van der Waals surface area contributed by atoms with E-state index in [0.29, 0.717) is 34.8 Å². The van der Waals surface area contributed by atoms with Crippen molar-refractivity contribution in [2.75, 3.05) is 21.0 Å². The summed E-state index contributed by atoms with van der Waals surface area (Å²) in [5.74, 6) is 1.60. The molecule has 1 unspecified atom stereocenters. The lowest BCUT2D eigenvalue weighted by molar-refractivity contribution is -0.109. The first kappa shape index (κ1) is 12.5. The van der Waals surface area contributed by atoms with E-state index in [2.05, 4.69) is 0 Å². The highest BCUT2D eigenvalue weighted by molar-refractivity contribution is 5.65. The van der Waals surface area contributed by atoms with Crippen molar-refractivity contribution in [1.29, 1.82) is 0 Å². The van der Waals surface area contributed by atoms with Gasteiger partial charge < -0.3 is 28.8 Å². The van der Waals surface area contributed by atoms with Crippen LogP contribution in [0.25, 0.3) is 0 Å². The first-order valence-corrected chi connectivity index (χ1v) is 5.39. The second-order valence-electron chi connectivity index (χ2n) is 3.68. The molecule has 0 aromatic heterocycles. The number of rotatable bonds is 5. The molecule has 0 bridgehead atoms. The molecular weight excluding hydrogens is 240 g/mol. The molecule has 1 N–H and O–H groups in total. The van der Waals surface area contributed by atoms with Crippen molar-refractivity contribution in [3.63, 3.8) is 0 Å². The number of methoxy groups -OCH3 is 2. The van der Waals surface area contributed by atoms with E-state index in [9.17, 15) is 9.90 Å². The lowest BCUT2D eigenvalue weighted by Crippen LogP contribution is -2.03. The molecule has 2 rings (SSSR count). The van der Waals surface area contributed by atoms with Gasteiger partial charge in [-0.1, -0.05) is 0 Å². The zero-order valence-corrected chi connectivity index (χ0v) is 10.1. The topological polar surface area (TPSA) is 74.2 Å². The van der Waals surface area contributed by atoms with Crippen LogP contribution in [0.2, 0.25) is 0 Å². The largest absolute Gasteiger partial charge is 0.492 e. The van der Waals surface area contributed by atoms with Crippen molar-refractivity contribution < 1.29 is 28.8 Å². The van der Waals surface area contributed by atoms with Crippen LogP contribution in [0.5, 0.6) is 23.0 Å². The van der Waals surface area contributed by atoms with Crippen LogP contribution in [0.3, 0.4) is 0 Å². The van der Waals surface area contributed by atoms with Gasteiger partial charge in [-0.2, -0.15) is 0 Å². The molecule has 1 aromatic carbocycles. The smallest absolute Gasteiger partial charge is 0.231 e. The van der Waals surface area contributed by atoms with Crippen LogP contribution in [0.15, 0.2) is 6.07 Å². The summed E-state index contributed by atoms with van der Waals surface area (Å²) in [6, 6.07) is 1.60. The van der Waals surface area contributed by atoms with Crippen LogP contribution in [0, 0.1) is 0 Å². The van der Waals surface area contributed by atoms with E-state index < -0.39 is 6.10 Å². The summed E-state index contributed by atoms with van der Waals surface area (Å²) < 4.78 is 21.0. The zero-order valence-electron chi connectivity index (χ0n) is 10.1. The number of aliphatic hydroxyl groups excluding tert-OH is 1. The van der Waals surface area contributed by atoms with E-state index in [1.54, 1.807) is 6.07 Å². The molecule has 0 aliphatic carbocycles. The third kappa shape index (κ3) is 1.95. The number of hydrogen-bond acceptors (Lipinski definition) is 6. The van der Waals surface area contributed by atoms with Crippen molar-refractivity contribution in [2.45, 2.75) is 12.5 Å². The first-order valence-electron chi connectivity index (χ1n) is 5.39. The van der Waals surface area contributed by atoms with Gasteiger partial charge in [-0.3, -0.25) is 0 Å². The standard InChI is InChI=1S/C12H14O6/c1-15-10-7(8(14)3-4-13)5-9-11(12(10)16-2)18-6-17-9/h4-5,8,14H,3,6H2,1-2H3. The maximum atomic E-state index is 10.5. The molecule has 0 spiro atoms. The molecule has 1 atom stereocenters. The fourth-order valence-electron chi connectivity index (χ4n) is 1.88. The molecule has 1 aliphatic rings. The zero-order chi connectivity index (χ0) is 13.1. The molecule has 0 fully saturated rings. The van der Waals surface area contributed by atoms with E-state index in [1.807, 2.05) is 0 Å². The number of aldehydes is 1. The minimum atomic E-state index is -0.971. The molecule has 1 aromatic rings. The summed E-state index contributed by atoms with van der Waals surface area (Å²) in [7, 11) is 2.92. The molecule has 0 saturated carbocycles. The molecule has 18 heavy (non-hydrogen) atoms. The molecule has 0 saturated heterocycles. The summed E-state index contributed by atoms with van der Waals surface area (Å²) in [4.78, 5) is 10.5. The van der Waals surface area contributed by atoms with Gasteiger partial charge >= 0.3 is 0 Å². The Bertz CT molecular complexity index is 456. The number of fused-ring (bicyclic) bond motifs is 1. The summed E-state index contributed by atoms with van der Waals surface area (Å²) in [5, 5.41) is 9.92. The van der Waals surface area contributed by atoms with Gasteiger partial charge in [-0.15, -0.1) is 0 Å². The number of hydrogen-bond donors (Lipinski definition) is 1. The second kappa shape index (κ2) is 5.14. The van der Waals surface area contributed by atoms with Gasteiger partial charge in [-0.05, 0) is 6.07 Å². The molecule has 6 nitrogen and oxygen atoms in total. The van der Waals surface area contributed by atoms with Gasteiger partial charge in [0.2, 0.25) is 18.3 Å². The SMILES string of the molecule is COc1c(C(O)CC=O)cc2c(c1OC)OCO2. The predicted octanol–water partition coefficient (Wildman–Crippen LogP) is 1.05. The fraction of sp³-hybridized carbons (Fsp3) is 0.417. The summed E-state index contributed by atoms with van der Waals surface area (Å²) >= 11 is 0. The molecular formula is C12H14O6. The molecule has 1 aliphatic heterocycles. The van der Waals surface area contributed by atoms with Gasteiger partial charge in [0.1, 0.15) is 6.29 Å². The number of carbonyl (C=O) groups is 1. The van der Waals surface area contributed by atoms with E-state index in [-0.39, 0.29) is 13.2 Å². The number of aliphatic hydroxyl groups is 1. The fourth-order valence-corrected chi connectivity index (χ4v) is 1.88. The summed E-state index contributed by atoms with van der Waals surface area (Å²) in [5.41, 5.74) is 0.436. The van der Waals surface area contributed by atoms with E-state index in [0.717, 1.165) is 0 Å². The lowest BCUT2D eigenvalue weighted by Gasteiger charge is -2.17. The Morgan fingerprint density at radius 2 is 2.11 bits per heavy atom. The third-order valence-corrected chi connectivity index (χ3v) is 2.69. The minimum Gasteiger partial charge on any atom is -0.492 e. The third-order valence-electron chi connectivity index (χ3n) is 2.69. The first-order chi connectivity index (χ1) is 8.72. The average Bonchev–Trinajstić information content (AvgIpc) is 2.84. The van der Waals surface area contributed by atoms with Crippen LogP contribution in [0.1, 0.15) is 18.1 Å². The Labute approximate surface area is 104 Å². The van der Waals surface area contributed by atoms with Crippen molar-refractivity contribution in [3.05, 3.63) is 11.6 Å². The Balaban J connectivity index is 2.55. The van der Waals surface area contributed by atoms with Gasteiger partial charge in [0.25, 0.3) is 0 Å². The molecule has 6 heteroatoms. The Morgan fingerprint density at radius 1 is 1.39 bits per heavy atom. The van der Waals surface area contributed by atoms with Crippen LogP contribution in [0.4, 0.5) is 0 Å². The normalized spacial score (nSPS) is 14.2. The monoisotopic (exact) mass is 254 g/mol. The highest BCUT2D eigenvalue weighted by atomic mass is 16.7. The molecule has 0 amide bonds. The van der Waals surface area contributed by atoms with E-state index in [1.165, 1.54) is 14.2 Å². The molecule has 98 valence electrons. The summed E-state index contributed by atoms with van der Waals surface area (Å²) in [6.07, 6.45) is -0.360. The van der Waals surface area contributed by atoms with Crippen molar-refractivity contribution in [3.8, 4) is 23.0 Å². The van der Waals surface area contributed by atoms with Crippen LogP contribution < -0.4 is 18.9 Å². The van der Waals surface area contributed by atoms with Crippen molar-refractivity contribution >= 4 is 6.29 Å². The van der Waals surface area contributed by atoms with Gasteiger partial charge in [0.15, 0.2) is 11.5 Å². The summed E-state index contributed by atoms with van der Waals surface area (Å²) in [6.45, 7) is 0.0854. The minimum absolute atomic E-state index is 0.0286. The maximum Gasteiger partial charge on any atom is 0.231 e. The lowest BCUT2D eigenvalue weighted by atomic mass is 10.0. The number of benzene rings is 1. The van der Waals surface area contributed by atoms with Crippen molar-refractivity contribution in [2.24, 2.45) is 0 Å². The quantitative estimate of drug-likeness (QED) is 0.792. The number of ether oxygens (including phenoxy) is 4. The molecule has 0 radical (unpaired) electrons. The molecule has 1 heterocycles.